The Morgan fingerprint density at radius 1 is 1.32 bits per heavy atom. The lowest BCUT2D eigenvalue weighted by Gasteiger charge is -2.19. The number of hydrogen-bond acceptors (Lipinski definition) is 4. The van der Waals surface area contributed by atoms with Crippen LogP contribution in [0.4, 0.5) is 0 Å². The van der Waals surface area contributed by atoms with Gasteiger partial charge in [0.25, 0.3) is 0 Å². The van der Waals surface area contributed by atoms with Gasteiger partial charge in [0.2, 0.25) is 0 Å². The summed E-state index contributed by atoms with van der Waals surface area (Å²) in [6.45, 7) is 0. The zero-order chi connectivity index (χ0) is 13.1. The third-order valence-corrected chi connectivity index (χ3v) is 4.62. The molecule has 1 aliphatic carbocycles. The van der Waals surface area contributed by atoms with Crippen LogP contribution in [0.1, 0.15) is 43.7 Å². The average Bonchev–Trinajstić information content (AvgIpc) is 2.74. The van der Waals surface area contributed by atoms with E-state index in [2.05, 4.69) is 34.0 Å². The first-order valence-electron chi connectivity index (χ1n) is 6.86. The first-order valence-corrected chi connectivity index (χ1v) is 7.74. The Morgan fingerprint density at radius 2 is 2.26 bits per heavy atom. The van der Waals surface area contributed by atoms with Gasteiger partial charge in [-0.15, -0.1) is 11.3 Å². The van der Waals surface area contributed by atoms with Crippen LogP contribution in [0.3, 0.4) is 0 Å². The summed E-state index contributed by atoms with van der Waals surface area (Å²) >= 11 is 1.73. The molecule has 19 heavy (non-hydrogen) atoms. The van der Waals surface area contributed by atoms with Crippen LogP contribution in [0.25, 0.3) is 10.2 Å². The number of allylic oxidation sites excluding steroid dienone is 1. The van der Waals surface area contributed by atoms with E-state index >= 15 is 0 Å². The molecule has 0 bridgehead atoms. The minimum Gasteiger partial charge on any atom is -0.271 e. The standard InChI is InChI=1S/C15H19N3S/c16-18-15(11-5-3-1-2-4-6-11)12-9-14-13(17-10-12)7-8-19-14/h5,7-10,15,18H,1-4,6,16H2. The summed E-state index contributed by atoms with van der Waals surface area (Å²) in [5.41, 5.74) is 6.62. The number of nitrogens with two attached hydrogens (primary N) is 1. The number of hydrazine groups is 1. The van der Waals surface area contributed by atoms with Crippen LogP contribution in [0, 0.1) is 0 Å². The number of fused-ring (bicyclic) bond motifs is 1. The molecule has 0 amide bonds. The molecule has 0 fully saturated rings. The molecule has 3 nitrogen and oxygen atoms in total. The van der Waals surface area contributed by atoms with Crippen molar-refractivity contribution >= 4 is 21.6 Å². The van der Waals surface area contributed by atoms with Crippen molar-refractivity contribution in [1.82, 2.24) is 10.4 Å². The predicted octanol–water partition coefficient (Wildman–Crippen LogP) is 3.69. The molecule has 2 heterocycles. The lowest BCUT2D eigenvalue weighted by atomic mass is 9.97. The topological polar surface area (TPSA) is 50.9 Å². The fraction of sp³-hybridized carbons (Fsp3) is 0.400. The van der Waals surface area contributed by atoms with E-state index in [4.69, 9.17) is 5.84 Å². The third kappa shape index (κ3) is 2.71. The molecule has 2 aromatic heterocycles. The molecule has 0 spiro atoms. The number of hydrogen-bond donors (Lipinski definition) is 2. The van der Waals surface area contributed by atoms with E-state index in [1.54, 1.807) is 11.3 Å². The van der Waals surface area contributed by atoms with Crippen molar-refractivity contribution in [3.05, 3.63) is 40.9 Å². The maximum Gasteiger partial charge on any atom is 0.0809 e. The second-order valence-corrected chi connectivity index (χ2v) is 6.00. The van der Waals surface area contributed by atoms with E-state index in [-0.39, 0.29) is 6.04 Å². The van der Waals surface area contributed by atoms with Crippen molar-refractivity contribution < 1.29 is 0 Å². The van der Waals surface area contributed by atoms with E-state index < -0.39 is 0 Å². The molecular weight excluding hydrogens is 254 g/mol. The van der Waals surface area contributed by atoms with Gasteiger partial charge in [-0.1, -0.05) is 18.1 Å². The van der Waals surface area contributed by atoms with Crippen molar-refractivity contribution in [2.75, 3.05) is 0 Å². The van der Waals surface area contributed by atoms with Crippen molar-refractivity contribution in [2.45, 2.75) is 38.1 Å². The number of thiophene rings is 1. The molecule has 3 N–H and O–H groups in total. The van der Waals surface area contributed by atoms with Crippen LogP contribution in [0.5, 0.6) is 0 Å². The fourth-order valence-electron chi connectivity index (χ4n) is 2.74. The van der Waals surface area contributed by atoms with Crippen molar-refractivity contribution in [1.29, 1.82) is 0 Å². The van der Waals surface area contributed by atoms with Gasteiger partial charge in [-0.3, -0.25) is 10.8 Å². The van der Waals surface area contributed by atoms with Gasteiger partial charge in [0, 0.05) is 6.20 Å². The second-order valence-electron chi connectivity index (χ2n) is 5.05. The Balaban J connectivity index is 1.93. The largest absolute Gasteiger partial charge is 0.271 e. The summed E-state index contributed by atoms with van der Waals surface area (Å²) < 4.78 is 1.23. The van der Waals surface area contributed by atoms with E-state index in [9.17, 15) is 0 Å². The highest BCUT2D eigenvalue weighted by molar-refractivity contribution is 7.17. The van der Waals surface area contributed by atoms with Gasteiger partial charge in [0.15, 0.2) is 0 Å². The summed E-state index contributed by atoms with van der Waals surface area (Å²) in [4.78, 5) is 4.52. The molecule has 3 rings (SSSR count). The quantitative estimate of drug-likeness (QED) is 0.509. The molecule has 0 aliphatic heterocycles. The molecule has 1 unspecified atom stereocenters. The summed E-state index contributed by atoms with van der Waals surface area (Å²) in [5, 5.41) is 2.08. The average molecular weight is 273 g/mol. The van der Waals surface area contributed by atoms with Crippen LogP contribution in [-0.4, -0.2) is 4.98 Å². The molecular formula is C15H19N3S. The Bertz CT molecular complexity index is 588. The number of aromatic nitrogens is 1. The van der Waals surface area contributed by atoms with E-state index in [0.717, 1.165) is 11.9 Å². The Kier molecular flexibility index (Phi) is 3.92. The normalized spacial score (nSPS) is 18.1. The zero-order valence-corrected chi connectivity index (χ0v) is 11.7. The van der Waals surface area contributed by atoms with Gasteiger partial charge in [-0.2, -0.15) is 0 Å². The van der Waals surface area contributed by atoms with Crippen LogP contribution < -0.4 is 11.3 Å². The van der Waals surface area contributed by atoms with Gasteiger partial charge < -0.3 is 0 Å². The van der Waals surface area contributed by atoms with Gasteiger partial charge in [-0.05, 0) is 48.8 Å². The molecule has 2 aromatic rings. The van der Waals surface area contributed by atoms with Crippen molar-refractivity contribution in [2.24, 2.45) is 5.84 Å². The molecule has 0 radical (unpaired) electrons. The van der Waals surface area contributed by atoms with Crippen molar-refractivity contribution in [3.8, 4) is 0 Å². The molecule has 1 aliphatic rings. The van der Waals surface area contributed by atoms with E-state index in [1.165, 1.54) is 41.5 Å². The first kappa shape index (κ1) is 12.8. The fourth-order valence-corrected chi connectivity index (χ4v) is 3.53. The minimum atomic E-state index is 0.108. The van der Waals surface area contributed by atoms with Crippen LogP contribution in [0.2, 0.25) is 0 Å². The van der Waals surface area contributed by atoms with Gasteiger partial charge in [0.1, 0.15) is 0 Å². The highest BCUT2D eigenvalue weighted by Gasteiger charge is 2.17. The molecule has 0 saturated carbocycles. The summed E-state index contributed by atoms with van der Waals surface area (Å²) in [5.74, 6) is 5.79. The van der Waals surface area contributed by atoms with Crippen LogP contribution in [0.15, 0.2) is 35.4 Å². The lowest BCUT2D eigenvalue weighted by Crippen LogP contribution is -2.29. The van der Waals surface area contributed by atoms with Gasteiger partial charge >= 0.3 is 0 Å². The van der Waals surface area contributed by atoms with E-state index in [1.807, 2.05) is 6.20 Å². The minimum absolute atomic E-state index is 0.108. The number of pyridine rings is 1. The highest BCUT2D eigenvalue weighted by Crippen LogP contribution is 2.30. The third-order valence-electron chi connectivity index (χ3n) is 3.77. The highest BCUT2D eigenvalue weighted by atomic mass is 32.1. The van der Waals surface area contributed by atoms with Gasteiger partial charge in [0.05, 0.1) is 16.3 Å². The van der Waals surface area contributed by atoms with Crippen LogP contribution >= 0.6 is 11.3 Å². The Hall–Kier alpha value is -1.23. The summed E-state index contributed by atoms with van der Waals surface area (Å²) in [6.07, 6.45) is 10.5. The summed E-state index contributed by atoms with van der Waals surface area (Å²) in [6, 6.07) is 4.38. The van der Waals surface area contributed by atoms with Crippen LogP contribution in [-0.2, 0) is 0 Å². The molecule has 4 heteroatoms. The number of nitrogens with zero attached hydrogens (tertiary/aromatic N) is 1. The Morgan fingerprint density at radius 3 is 3.16 bits per heavy atom. The lowest BCUT2D eigenvalue weighted by molar-refractivity contribution is 0.592. The van der Waals surface area contributed by atoms with Crippen molar-refractivity contribution in [3.63, 3.8) is 0 Å². The SMILES string of the molecule is NNC(C1=CCCCCC1)c1cnc2ccsc2c1. The van der Waals surface area contributed by atoms with Gasteiger partial charge in [-0.25, -0.2) is 5.43 Å². The molecule has 100 valence electrons. The molecule has 0 saturated heterocycles. The summed E-state index contributed by atoms with van der Waals surface area (Å²) in [7, 11) is 0. The maximum atomic E-state index is 5.79. The predicted molar refractivity (Wildman–Crippen MR) is 80.9 cm³/mol. The number of nitrogens with one attached hydrogen (secondary N) is 1. The van der Waals surface area contributed by atoms with E-state index in [0.29, 0.717) is 0 Å². The second kappa shape index (κ2) is 5.82. The Labute approximate surface area is 117 Å². The molecule has 1 atom stereocenters. The zero-order valence-electron chi connectivity index (χ0n) is 10.9. The molecule has 0 aromatic carbocycles. The number of rotatable bonds is 3. The monoisotopic (exact) mass is 273 g/mol. The first-order chi connectivity index (χ1) is 9.38. The maximum absolute atomic E-state index is 5.79. The smallest absolute Gasteiger partial charge is 0.0809 e.